The highest BCUT2D eigenvalue weighted by atomic mass is 19.4. The monoisotopic (exact) mass is 523 g/mol. The van der Waals surface area contributed by atoms with Gasteiger partial charge in [0.05, 0.1) is 12.2 Å². The molecular formula is C28H28F3N5O2. The van der Waals surface area contributed by atoms with Crippen molar-refractivity contribution in [2.45, 2.75) is 50.9 Å². The predicted octanol–water partition coefficient (Wildman–Crippen LogP) is 5.31. The van der Waals surface area contributed by atoms with Crippen LogP contribution in [0.15, 0.2) is 42.7 Å². The van der Waals surface area contributed by atoms with Gasteiger partial charge in [-0.3, -0.25) is 4.79 Å². The summed E-state index contributed by atoms with van der Waals surface area (Å²) in [6, 6.07) is 6.14. The molecule has 1 aromatic carbocycles. The lowest BCUT2D eigenvalue weighted by molar-refractivity contribution is -0.138. The molecule has 1 fully saturated rings. The first-order valence-electron chi connectivity index (χ1n) is 12.5. The van der Waals surface area contributed by atoms with E-state index >= 15 is 0 Å². The van der Waals surface area contributed by atoms with Crippen LogP contribution < -0.4 is 4.90 Å². The van der Waals surface area contributed by atoms with Crippen LogP contribution in [0.25, 0.3) is 11.1 Å². The van der Waals surface area contributed by atoms with Gasteiger partial charge in [-0.1, -0.05) is 12.2 Å². The highest BCUT2D eigenvalue weighted by Crippen LogP contribution is 2.43. The van der Waals surface area contributed by atoms with Crippen LogP contribution in [0.2, 0.25) is 0 Å². The first kappa shape index (κ1) is 25.8. The molecule has 0 spiro atoms. The van der Waals surface area contributed by atoms with Crippen molar-refractivity contribution in [1.29, 1.82) is 0 Å². The van der Waals surface area contributed by atoms with E-state index in [1.54, 1.807) is 18.3 Å². The Morgan fingerprint density at radius 1 is 1.13 bits per heavy atom. The van der Waals surface area contributed by atoms with Gasteiger partial charge in [-0.15, -0.1) is 10.2 Å². The van der Waals surface area contributed by atoms with Crippen molar-refractivity contribution >= 4 is 23.3 Å². The molecule has 0 unspecified atom stereocenters. The van der Waals surface area contributed by atoms with Crippen molar-refractivity contribution < 1.29 is 23.1 Å². The number of nitrogens with zero attached hydrogens (tertiary/aromatic N) is 5. The summed E-state index contributed by atoms with van der Waals surface area (Å²) < 4.78 is 43.8. The van der Waals surface area contributed by atoms with Crippen molar-refractivity contribution in [3.63, 3.8) is 0 Å². The Labute approximate surface area is 218 Å². The Morgan fingerprint density at radius 3 is 2.47 bits per heavy atom. The minimum atomic E-state index is -4.68. The number of benzene rings is 1. The molecule has 0 amide bonds. The lowest BCUT2D eigenvalue weighted by Gasteiger charge is -2.25. The summed E-state index contributed by atoms with van der Waals surface area (Å²) >= 11 is 0. The van der Waals surface area contributed by atoms with E-state index < -0.39 is 18.3 Å². The third kappa shape index (κ3) is 5.13. The molecule has 3 aromatic rings. The van der Waals surface area contributed by atoms with E-state index in [9.17, 15) is 23.1 Å². The molecule has 198 valence electrons. The molecule has 0 saturated heterocycles. The molecule has 0 bridgehead atoms. The van der Waals surface area contributed by atoms with E-state index in [1.807, 2.05) is 17.7 Å². The maximum Gasteiger partial charge on any atom is 0.416 e. The maximum absolute atomic E-state index is 14.0. The van der Waals surface area contributed by atoms with Crippen molar-refractivity contribution in [2.24, 2.45) is 7.05 Å². The predicted molar refractivity (Wildman–Crippen MR) is 137 cm³/mol. The number of hydrogen-bond acceptors (Lipinski definition) is 6. The summed E-state index contributed by atoms with van der Waals surface area (Å²) in [6.07, 6.45) is 5.41. The van der Waals surface area contributed by atoms with E-state index in [0.717, 1.165) is 60.0 Å². The number of halogens is 3. The molecule has 5 rings (SSSR count). The average molecular weight is 524 g/mol. The fourth-order valence-electron chi connectivity index (χ4n) is 4.86. The molecule has 1 N–H and O–H groups in total. The fraction of sp³-hybridized carbons (Fsp3) is 0.357. The van der Waals surface area contributed by atoms with Gasteiger partial charge in [-0.05, 0) is 72.2 Å². The van der Waals surface area contributed by atoms with E-state index in [-0.39, 0.29) is 23.2 Å². The van der Waals surface area contributed by atoms with Crippen LogP contribution in [0.5, 0.6) is 0 Å². The quantitative estimate of drug-likeness (QED) is 0.403. The summed E-state index contributed by atoms with van der Waals surface area (Å²) in [5.41, 5.74) is 2.62. The van der Waals surface area contributed by atoms with Gasteiger partial charge in [0.25, 0.3) is 0 Å². The van der Waals surface area contributed by atoms with E-state index in [4.69, 9.17) is 4.98 Å². The number of anilines is 1. The largest absolute Gasteiger partial charge is 0.416 e. The standard InChI is InChI=1S/C28H28F3N5O2/c1-35(13-23-20(15-38)9-17(14-37)10-24(23)28(29,30)31)26-12-19(11-25(33-26)18-7-8-18)21-5-3-4-6-22(21)27-34-32-16-36(27)2/h5-6,9-12,15-16,18,37H,3-4,7-8,13-14H2,1-2H3. The van der Waals surface area contributed by atoms with Gasteiger partial charge >= 0.3 is 6.18 Å². The number of aromatic nitrogens is 4. The second-order valence-corrected chi connectivity index (χ2v) is 9.83. The molecule has 2 aliphatic rings. The molecule has 10 heteroatoms. The fourth-order valence-corrected chi connectivity index (χ4v) is 4.86. The topological polar surface area (TPSA) is 84.1 Å². The van der Waals surface area contributed by atoms with Crippen LogP contribution in [0, 0.1) is 0 Å². The summed E-state index contributed by atoms with van der Waals surface area (Å²) in [7, 11) is 3.56. The van der Waals surface area contributed by atoms with Crippen LogP contribution >= 0.6 is 0 Å². The first-order chi connectivity index (χ1) is 18.2. The Bertz CT molecular complexity index is 1440. The van der Waals surface area contributed by atoms with Crippen LogP contribution in [-0.4, -0.2) is 38.2 Å². The SMILES string of the molecule is CN(Cc1c(C=O)cc(CO)cc1C(F)(F)F)c1cc(C2=CCCC=C2c2nncn2C)cc(C2CC2)n1. The van der Waals surface area contributed by atoms with Gasteiger partial charge in [0, 0.05) is 43.4 Å². The van der Waals surface area contributed by atoms with Crippen LogP contribution in [0.1, 0.15) is 75.7 Å². The van der Waals surface area contributed by atoms with Gasteiger partial charge in [0.2, 0.25) is 0 Å². The number of aliphatic hydroxyl groups excluding tert-OH is 1. The molecule has 2 heterocycles. The number of carbonyl (C=O) groups is 1. The van der Waals surface area contributed by atoms with Crippen LogP contribution in [0.4, 0.5) is 19.0 Å². The van der Waals surface area contributed by atoms with Crippen molar-refractivity contribution in [3.8, 4) is 0 Å². The zero-order valence-electron chi connectivity index (χ0n) is 21.2. The molecule has 0 aliphatic heterocycles. The van der Waals surface area contributed by atoms with Gasteiger partial charge in [-0.2, -0.15) is 13.2 Å². The number of aldehydes is 1. The van der Waals surface area contributed by atoms with Crippen LogP contribution in [-0.2, 0) is 26.4 Å². The van der Waals surface area contributed by atoms with E-state index in [0.29, 0.717) is 18.0 Å². The highest BCUT2D eigenvalue weighted by Gasteiger charge is 2.35. The molecule has 0 atom stereocenters. The second-order valence-electron chi connectivity index (χ2n) is 9.83. The number of alkyl halides is 3. The van der Waals surface area contributed by atoms with Gasteiger partial charge in [-0.25, -0.2) is 4.98 Å². The summed E-state index contributed by atoms with van der Waals surface area (Å²) in [6.45, 7) is -0.773. The summed E-state index contributed by atoms with van der Waals surface area (Å²) in [5, 5.41) is 17.7. The molecule has 2 aromatic heterocycles. The first-order valence-corrected chi connectivity index (χ1v) is 12.5. The van der Waals surface area contributed by atoms with Crippen molar-refractivity contribution in [3.05, 3.63) is 82.1 Å². The zero-order chi connectivity index (χ0) is 27.0. The smallest absolute Gasteiger partial charge is 0.392 e. The Hall–Kier alpha value is -3.79. The molecule has 1 saturated carbocycles. The molecule has 0 radical (unpaired) electrons. The second kappa shape index (κ2) is 10.2. The molecular weight excluding hydrogens is 495 g/mol. The number of pyridine rings is 1. The highest BCUT2D eigenvalue weighted by molar-refractivity contribution is 6.04. The number of hydrogen-bond donors (Lipinski definition) is 1. The summed E-state index contributed by atoms with van der Waals surface area (Å²) in [4.78, 5) is 18.2. The van der Waals surface area contributed by atoms with Gasteiger partial charge in [0.1, 0.15) is 18.4 Å². The Balaban J connectivity index is 1.56. The van der Waals surface area contributed by atoms with Gasteiger partial charge in [0.15, 0.2) is 5.82 Å². The Morgan fingerprint density at radius 2 is 1.87 bits per heavy atom. The number of allylic oxidation sites excluding steroid dienone is 4. The molecule has 7 nitrogen and oxygen atoms in total. The van der Waals surface area contributed by atoms with Gasteiger partial charge < -0.3 is 14.6 Å². The van der Waals surface area contributed by atoms with Crippen molar-refractivity contribution in [2.75, 3.05) is 11.9 Å². The normalized spacial score (nSPS) is 15.7. The average Bonchev–Trinajstić information content (AvgIpc) is 3.68. The third-order valence-corrected chi connectivity index (χ3v) is 6.99. The zero-order valence-corrected chi connectivity index (χ0v) is 21.2. The number of aryl methyl sites for hydroxylation is 1. The van der Waals surface area contributed by atoms with Crippen molar-refractivity contribution in [1.82, 2.24) is 19.7 Å². The number of aliphatic hydroxyl groups is 1. The third-order valence-electron chi connectivity index (χ3n) is 6.99. The minimum absolute atomic E-state index is 0.0364. The van der Waals surface area contributed by atoms with E-state index in [1.165, 1.54) is 6.07 Å². The lowest BCUT2D eigenvalue weighted by atomic mass is 9.91. The van der Waals surface area contributed by atoms with E-state index in [2.05, 4.69) is 28.4 Å². The molecule has 2 aliphatic carbocycles. The number of rotatable bonds is 8. The maximum atomic E-state index is 14.0. The summed E-state index contributed by atoms with van der Waals surface area (Å²) in [5.74, 6) is 1.57. The lowest BCUT2D eigenvalue weighted by Crippen LogP contribution is -2.23. The Kier molecular flexibility index (Phi) is 6.92. The number of carbonyl (C=O) groups excluding carboxylic acids is 1. The van der Waals surface area contributed by atoms with Crippen LogP contribution in [0.3, 0.4) is 0 Å². The molecule has 38 heavy (non-hydrogen) atoms. The minimum Gasteiger partial charge on any atom is -0.392 e.